The van der Waals surface area contributed by atoms with Crippen LogP contribution in [0.3, 0.4) is 0 Å². The summed E-state index contributed by atoms with van der Waals surface area (Å²) in [6.45, 7) is 6.47. The molecule has 6 heteroatoms. The molecule has 0 aliphatic rings. The fourth-order valence-electron chi connectivity index (χ4n) is 3.84. The van der Waals surface area contributed by atoms with Gasteiger partial charge in [0.25, 0.3) is 5.91 Å². The lowest BCUT2D eigenvalue weighted by Gasteiger charge is -2.20. The molecular weight excluding hydrogens is 428 g/mol. The molecule has 4 aromatic rings. The van der Waals surface area contributed by atoms with Gasteiger partial charge in [0.05, 0.1) is 23.8 Å². The van der Waals surface area contributed by atoms with Crippen LogP contribution in [0.2, 0.25) is 0 Å². The Kier molecular flexibility index (Phi) is 6.07. The molecule has 34 heavy (non-hydrogen) atoms. The van der Waals surface area contributed by atoms with E-state index in [-0.39, 0.29) is 16.9 Å². The predicted molar refractivity (Wildman–Crippen MR) is 134 cm³/mol. The van der Waals surface area contributed by atoms with Crippen molar-refractivity contribution in [2.45, 2.75) is 26.2 Å². The number of hydrogen-bond donors (Lipinski definition) is 2. The Morgan fingerprint density at radius 2 is 1.68 bits per heavy atom. The number of hydrogen-bond acceptors (Lipinski definition) is 4. The van der Waals surface area contributed by atoms with Gasteiger partial charge in [0, 0.05) is 10.9 Å². The number of nitrogens with one attached hydrogen (secondary N) is 1. The van der Waals surface area contributed by atoms with Gasteiger partial charge in [-0.1, -0.05) is 51.1 Å². The molecule has 1 amide bonds. The van der Waals surface area contributed by atoms with Crippen molar-refractivity contribution >= 4 is 28.6 Å². The van der Waals surface area contributed by atoms with Gasteiger partial charge in [-0.15, -0.1) is 0 Å². The number of nitrogens with zero attached hydrogens (tertiary/aromatic N) is 1. The van der Waals surface area contributed by atoms with Crippen LogP contribution >= 0.6 is 0 Å². The van der Waals surface area contributed by atoms with Crippen LogP contribution in [-0.4, -0.2) is 29.1 Å². The van der Waals surface area contributed by atoms with Gasteiger partial charge in [0.1, 0.15) is 11.6 Å². The number of carboxylic acids is 1. The van der Waals surface area contributed by atoms with Crippen molar-refractivity contribution in [3.05, 3.63) is 89.5 Å². The van der Waals surface area contributed by atoms with Gasteiger partial charge < -0.3 is 15.2 Å². The third-order valence-electron chi connectivity index (χ3n) is 5.71. The van der Waals surface area contributed by atoms with Crippen LogP contribution in [0.5, 0.6) is 5.75 Å². The molecule has 4 rings (SSSR count). The quantitative estimate of drug-likeness (QED) is 0.377. The molecule has 3 aromatic carbocycles. The van der Waals surface area contributed by atoms with Gasteiger partial charge in [-0.2, -0.15) is 0 Å². The van der Waals surface area contributed by atoms with Crippen LogP contribution in [-0.2, 0) is 5.41 Å². The SMILES string of the molecule is COc1cccc(C(=O)Nc2ccc3cc(C(=O)O)ccc3n2)c1-c1ccc(C(C)(C)C)cc1. The number of amides is 1. The molecule has 0 spiro atoms. The van der Waals surface area contributed by atoms with E-state index in [9.17, 15) is 14.7 Å². The summed E-state index contributed by atoms with van der Waals surface area (Å²) in [7, 11) is 1.58. The van der Waals surface area contributed by atoms with Crippen LogP contribution in [0.25, 0.3) is 22.0 Å². The van der Waals surface area contributed by atoms with E-state index in [1.54, 1.807) is 43.5 Å². The van der Waals surface area contributed by atoms with E-state index >= 15 is 0 Å². The fourth-order valence-corrected chi connectivity index (χ4v) is 3.84. The first kappa shape index (κ1) is 23.0. The van der Waals surface area contributed by atoms with E-state index in [0.29, 0.717) is 33.6 Å². The number of aromatic carboxylic acids is 1. The molecule has 2 N–H and O–H groups in total. The highest BCUT2D eigenvalue weighted by Gasteiger charge is 2.19. The summed E-state index contributed by atoms with van der Waals surface area (Å²) < 4.78 is 5.58. The normalized spacial score (nSPS) is 11.3. The molecule has 0 aliphatic carbocycles. The monoisotopic (exact) mass is 454 g/mol. The van der Waals surface area contributed by atoms with Crippen LogP contribution in [0.1, 0.15) is 47.1 Å². The third-order valence-corrected chi connectivity index (χ3v) is 5.71. The Balaban J connectivity index is 1.69. The van der Waals surface area contributed by atoms with Crippen LogP contribution in [0.15, 0.2) is 72.8 Å². The second kappa shape index (κ2) is 8.98. The maximum atomic E-state index is 13.3. The lowest BCUT2D eigenvalue weighted by molar-refractivity contribution is 0.0697. The number of pyridine rings is 1. The fraction of sp³-hybridized carbons (Fsp3) is 0.179. The highest BCUT2D eigenvalue weighted by atomic mass is 16.5. The maximum Gasteiger partial charge on any atom is 0.335 e. The smallest absolute Gasteiger partial charge is 0.335 e. The van der Waals surface area contributed by atoms with Gasteiger partial charge in [-0.3, -0.25) is 4.79 Å². The molecular formula is C28H26N2O4. The Bertz CT molecular complexity index is 1390. The second-order valence-electron chi connectivity index (χ2n) is 9.07. The van der Waals surface area contributed by atoms with E-state index in [2.05, 4.69) is 43.2 Å². The van der Waals surface area contributed by atoms with Crippen molar-refractivity contribution in [2.75, 3.05) is 12.4 Å². The topological polar surface area (TPSA) is 88.5 Å². The van der Waals surface area contributed by atoms with Crippen molar-refractivity contribution in [1.29, 1.82) is 0 Å². The average molecular weight is 455 g/mol. The molecule has 6 nitrogen and oxygen atoms in total. The number of carboxylic acid groups (broad SMARTS) is 1. The first-order chi connectivity index (χ1) is 16.2. The maximum absolute atomic E-state index is 13.3. The summed E-state index contributed by atoms with van der Waals surface area (Å²) in [5.41, 5.74) is 4.04. The Morgan fingerprint density at radius 1 is 0.941 bits per heavy atom. The first-order valence-electron chi connectivity index (χ1n) is 10.9. The molecule has 0 atom stereocenters. The van der Waals surface area contributed by atoms with Crippen molar-refractivity contribution in [2.24, 2.45) is 0 Å². The summed E-state index contributed by atoms with van der Waals surface area (Å²) in [4.78, 5) is 29.0. The highest BCUT2D eigenvalue weighted by Crippen LogP contribution is 2.35. The minimum absolute atomic E-state index is 0.0203. The molecule has 172 valence electrons. The summed E-state index contributed by atoms with van der Waals surface area (Å²) in [5, 5.41) is 12.7. The average Bonchev–Trinajstić information content (AvgIpc) is 2.82. The van der Waals surface area contributed by atoms with E-state index in [0.717, 1.165) is 5.56 Å². The summed E-state index contributed by atoms with van der Waals surface area (Å²) in [6, 6.07) is 21.6. The second-order valence-corrected chi connectivity index (χ2v) is 9.07. The van der Waals surface area contributed by atoms with E-state index < -0.39 is 5.97 Å². The number of rotatable bonds is 5. The van der Waals surface area contributed by atoms with Gasteiger partial charge in [0.15, 0.2) is 0 Å². The first-order valence-corrected chi connectivity index (χ1v) is 10.9. The van der Waals surface area contributed by atoms with Crippen LogP contribution in [0, 0.1) is 0 Å². The summed E-state index contributed by atoms with van der Waals surface area (Å²) in [5.74, 6) is -0.343. The molecule has 1 heterocycles. The largest absolute Gasteiger partial charge is 0.496 e. The van der Waals surface area contributed by atoms with Crippen molar-refractivity contribution in [3.8, 4) is 16.9 Å². The lowest BCUT2D eigenvalue weighted by Crippen LogP contribution is -2.15. The lowest BCUT2D eigenvalue weighted by atomic mass is 9.86. The van der Waals surface area contributed by atoms with Crippen molar-refractivity contribution < 1.29 is 19.4 Å². The van der Waals surface area contributed by atoms with Crippen molar-refractivity contribution in [3.63, 3.8) is 0 Å². The molecule has 0 bridgehead atoms. The zero-order chi connectivity index (χ0) is 24.5. The number of aromatic nitrogens is 1. The van der Waals surface area contributed by atoms with Crippen LogP contribution < -0.4 is 10.1 Å². The zero-order valence-electron chi connectivity index (χ0n) is 19.5. The number of benzene rings is 3. The number of carbonyl (C=O) groups is 2. The number of anilines is 1. The molecule has 0 saturated heterocycles. The molecule has 0 radical (unpaired) electrons. The molecule has 0 fully saturated rings. The highest BCUT2D eigenvalue weighted by molar-refractivity contribution is 6.09. The molecule has 0 unspecified atom stereocenters. The Morgan fingerprint density at radius 3 is 2.32 bits per heavy atom. The van der Waals surface area contributed by atoms with E-state index in [4.69, 9.17) is 4.74 Å². The predicted octanol–water partition coefficient (Wildman–Crippen LogP) is 6.16. The molecule has 1 aromatic heterocycles. The Hall–Kier alpha value is -4.19. The van der Waals surface area contributed by atoms with E-state index in [1.165, 1.54) is 11.6 Å². The van der Waals surface area contributed by atoms with Crippen LogP contribution in [0.4, 0.5) is 5.82 Å². The minimum atomic E-state index is -1.000. The van der Waals surface area contributed by atoms with Gasteiger partial charge in [-0.05, 0) is 59.0 Å². The summed E-state index contributed by atoms with van der Waals surface area (Å²) in [6.07, 6.45) is 0. The zero-order valence-corrected chi connectivity index (χ0v) is 19.5. The number of methoxy groups -OCH3 is 1. The number of fused-ring (bicyclic) bond motifs is 1. The van der Waals surface area contributed by atoms with E-state index in [1.807, 2.05) is 18.2 Å². The third kappa shape index (κ3) is 4.62. The summed E-state index contributed by atoms with van der Waals surface area (Å²) >= 11 is 0. The van der Waals surface area contributed by atoms with Gasteiger partial charge in [0.2, 0.25) is 0 Å². The van der Waals surface area contributed by atoms with Crippen molar-refractivity contribution in [1.82, 2.24) is 4.98 Å². The molecule has 0 aliphatic heterocycles. The minimum Gasteiger partial charge on any atom is -0.496 e. The Labute approximate surface area is 198 Å². The number of carbonyl (C=O) groups excluding carboxylic acids is 1. The number of ether oxygens (including phenoxy) is 1. The van der Waals surface area contributed by atoms with Gasteiger partial charge >= 0.3 is 5.97 Å². The molecule has 0 saturated carbocycles. The standard InChI is InChI=1S/C28H26N2O4/c1-28(2,3)20-12-8-17(9-13-20)25-21(6-5-7-23(25)34-4)26(31)30-24-15-11-18-16-19(27(32)33)10-14-22(18)29-24/h5-16H,1-4H3,(H,32,33)(H,29,30,31). The van der Waals surface area contributed by atoms with Gasteiger partial charge in [-0.25, -0.2) is 9.78 Å².